The highest BCUT2D eigenvalue weighted by Gasteiger charge is 2.28. The molecule has 0 fully saturated rings. The van der Waals surface area contributed by atoms with Gasteiger partial charge in [0.2, 0.25) is 10.0 Å². The van der Waals surface area contributed by atoms with Crippen LogP contribution in [0.15, 0.2) is 41.3 Å². The van der Waals surface area contributed by atoms with Crippen LogP contribution in [0.2, 0.25) is 0 Å². The van der Waals surface area contributed by atoms with Crippen molar-refractivity contribution >= 4 is 33.3 Å². The first-order chi connectivity index (χ1) is 12.3. The summed E-state index contributed by atoms with van der Waals surface area (Å²) >= 11 is 1.54. The van der Waals surface area contributed by atoms with Gasteiger partial charge in [0.05, 0.1) is 17.2 Å². The van der Waals surface area contributed by atoms with Gasteiger partial charge in [-0.05, 0) is 62.6 Å². The fourth-order valence-electron chi connectivity index (χ4n) is 3.18. The molecule has 0 radical (unpaired) electrons. The SMILES string of the molecule is CCS(=O)(=O)N1CCc2cc(C(=O)CSc3ccc(C)cc3C)ccc21. The number of benzene rings is 2. The van der Waals surface area contributed by atoms with E-state index in [0.29, 0.717) is 30.0 Å². The molecule has 0 saturated heterocycles. The maximum atomic E-state index is 12.6. The minimum Gasteiger partial charge on any atom is -0.293 e. The molecule has 0 atom stereocenters. The summed E-state index contributed by atoms with van der Waals surface area (Å²) in [6.07, 6.45) is 0.653. The van der Waals surface area contributed by atoms with Crippen molar-refractivity contribution in [1.29, 1.82) is 0 Å². The van der Waals surface area contributed by atoms with E-state index in [0.717, 1.165) is 10.5 Å². The molecule has 4 nitrogen and oxygen atoms in total. The monoisotopic (exact) mass is 389 g/mol. The molecule has 0 aliphatic carbocycles. The Morgan fingerprint density at radius 1 is 1.15 bits per heavy atom. The zero-order valence-corrected chi connectivity index (χ0v) is 16.9. The fraction of sp³-hybridized carbons (Fsp3) is 0.350. The number of nitrogens with zero attached hydrogens (tertiary/aromatic N) is 1. The van der Waals surface area contributed by atoms with Gasteiger partial charge in [0.15, 0.2) is 5.78 Å². The molecule has 26 heavy (non-hydrogen) atoms. The molecule has 3 rings (SSSR count). The first kappa shape index (κ1) is 19.0. The Labute approximate surface area is 159 Å². The van der Waals surface area contributed by atoms with Crippen molar-refractivity contribution in [2.45, 2.75) is 32.1 Å². The Morgan fingerprint density at radius 2 is 1.92 bits per heavy atom. The third kappa shape index (κ3) is 3.81. The lowest BCUT2D eigenvalue weighted by Crippen LogP contribution is -2.30. The van der Waals surface area contributed by atoms with Crippen molar-refractivity contribution in [3.05, 3.63) is 58.7 Å². The molecule has 0 aromatic heterocycles. The highest BCUT2D eigenvalue weighted by Crippen LogP contribution is 2.32. The van der Waals surface area contributed by atoms with Gasteiger partial charge in [-0.2, -0.15) is 0 Å². The minimum absolute atomic E-state index is 0.0644. The Hall–Kier alpha value is -1.79. The number of thioether (sulfide) groups is 1. The maximum Gasteiger partial charge on any atom is 0.234 e. The van der Waals surface area contributed by atoms with E-state index in [2.05, 4.69) is 32.0 Å². The number of aryl methyl sites for hydroxylation is 2. The summed E-state index contributed by atoms with van der Waals surface area (Å²) in [5.74, 6) is 0.522. The van der Waals surface area contributed by atoms with Gasteiger partial charge in [-0.15, -0.1) is 11.8 Å². The quantitative estimate of drug-likeness (QED) is 0.554. The van der Waals surface area contributed by atoms with Crippen LogP contribution >= 0.6 is 11.8 Å². The van der Waals surface area contributed by atoms with Crippen LogP contribution in [0.3, 0.4) is 0 Å². The van der Waals surface area contributed by atoms with Gasteiger partial charge in [0.1, 0.15) is 0 Å². The smallest absolute Gasteiger partial charge is 0.234 e. The van der Waals surface area contributed by atoms with Crippen LogP contribution < -0.4 is 4.31 Å². The highest BCUT2D eigenvalue weighted by molar-refractivity contribution is 8.00. The summed E-state index contributed by atoms with van der Waals surface area (Å²) in [4.78, 5) is 13.7. The lowest BCUT2D eigenvalue weighted by molar-refractivity contribution is 0.102. The van der Waals surface area contributed by atoms with Crippen molar-refractivity contribution in [3.63, 3.8) is 0 Å². The molecule has 0 saturated carbocycles. The van der Waals surface area contributed by atoms with E-state index in [9.17, 15) is 13.2 Å². The lowest BCUT2D eigenvalue weighted by atomic mass is 10.1. The molecule has 0 unspecified atom stereocenters. The predicted octanol–water partition coefficient (Wildman–Crippen LogP) is 3.99. The molecule has 1 aliphatic rings. The molecule has 0 amide bonds. The van der Waals surface area contributed by atoms with E-state index in [-0.39, 0.29) is 11.5 Å². The van der Waals surface area contributed by atoms with Crippen LogP contribution in [-0.2, 0) is 16.4 Å². The van der Waals surface area contributed by atoms with E-state index in [1.165, 1.54) is 15.4 Å². The number of carbonyl (C=O) groups excluding carboxylic acids is 1. The van der Waals surface area contributed by atoms with Gasteiger partial charge >= 0.3 is 0 Å². The van der Waals surface area contributed by atoms with Gasteiger partial charge < -0.3 is 0 Å². The first-order valence-corrected chi connectivity index (χ1v) is 11.3. The van der Waals surface area contributed by atoms with Gasteiger partial charge in [0.25, 0.3) is 0 Å². The van der Waals surface area contributed by atoms with Gasteiger partial charge in [-0.3, -0.25) is 9.10 Å². The predicted molar refractivity (Wildman–Crippen MR) is 108 cm³/mol. The number of rotatable bonds is 6. The maximum absolute atomic E-state index is 12.6. The molecule has 0 N–H and O–H groups in total. The number of hydrogen-bond donors (Lipinski definition) is 0. The van der Waals surface area contributed by atoms with Crippen molar-refractivity contribution in [3.8, 4) is 0 Å². The van der Waals surface area contributed by atoms with Gasteiger partial charge in [0, 0.05) is 17.0 Å². The second-order valence-electron chi connectivity index (χ2n) is 6.55. The van der Waals surface area contributed by atoms with E-state index in [4.69, 9.17) is 0 Å². The molecule has 1 heterocycles. The summed E-state index contributed by atoms with van der Waals surface area (Å²) in [6, 6.07) is 11.6. The second-order valence-corrected chi connectivity index (χ2v) is 9.75. The molecule has 0 bridgehead atoms. The molecule has 2 aromatic carbocycles. The fourth-order valence-corrected chi connectivity index (χ4v) is 5.24. The van der Waals surface area contributed by atoms with E-state index >= 15 is 0 Å². The zero-order valence-electron chi connectivity index (χ0n) is 15.3. The lowest BCUT2D eigenvalue weighted by Gasteiger charge is -2.18. The van der Waals surface area contributed by atoms with Crippen LogP contribution in [0, 0.1) is 13.8 Å². The van der Waals surface area contributed by atoms with Crippen LogP contribution in [0.4, 0.5) is 5.69 Å². The number of hydrogen-bond acceptors (Lipinski definition) is 4. The largest absolute Gasteiger partial charge is 0.293 e. The summed E-state index contributed by atoms with van der Waals surface area (Å²) in [6.45, 7) is 6.22. The summed E-state index contributed by atoms with van der Waals surface area (Å²) < 4.78 is 25.8. The molecule has 2 aromatic rings. The summed E-state index contributed by atoms with van der Waals surface area (Å²) in [5, 5.41) is 0. The Morgan fingerprint density at radius 3 is 2.62 bits per heavy atom. The van der Waals surface area contributed by atoms with E-state index in [1.54, 1.807) is 30.8 Å². The number of ketones is 1. The third-order valence-electron chi connectivity index (χ3n) is 4.64. The molecule has 6 heteroatoms. The molecular formula is C20H23NO3S2. The number of Topliss-reactive ketones (excluding diaryl/α,β-unsaturated/α-hetero) is 1. The third-order valence-corrected chi connectivity index (χ3v) is 7.60. The summed E-state index contributed by atoms with van der Waals surface area (Å²) in [5.41, 5.74) is 4.69. The van der Waals surface area contributed by atoms with Crippen LogP contribution in [0.1, 0.15) is 34.0 Å². The second kappa shape index (κ2) is 7.45. The number of sulfonamides is 1. The van der Waals surface area contributed by atoms with Crippen molar-refractivity contribution in [2.24, 2.45) is 0 Å². The minimum atomic E-state index is -3.25. The van der Waals surface area contributed by atoms with Crippen LogP contribution in [-0.4, -0.2) is 32.3 Å². The Balaban J connectivity index is 1.74. The van der Waals surface area contributed by atoms with Gasteiger partial charge in [-0.25, -0.2) is 8.42 Å². The van der Waals surface area contributed by atoms with Gasteiger partial charge in [-0.1, -0.05) is 17.7 Å². The van der Waals surface area contributed by atoms with Crippen LogP contribution in [0.5, 0.6) is 0 Å². The molecule has 0 spiro atoms. The molecular weight excluding hydrogens is 366 g/mol. The molecule has 1 aliphatic heterocycles. The van der Waals surface area contributed by atoms with Crippen LogP contribution in [0.25, 0.3) is 0 Å². The van der Waals surface area contributed by atoms with Crippen molar-refractivity contribution in [1.82, 2.24) is 0 Å². The summed E-state index contributed by atoms with van der Waals surface area (Å²) in [7, 11) is -3.25. The number of fused-ring (bicyclic) bond motifs is 1. The van der Waals surface area contributed by atoms with E-state index < -0.39 is 10.0 Å². The zero-order chi connectivity index (χ0) is 18.9. The molecule has 138 valence electrons. The number of anilines is 1. The normalized spacial score (nSPS) is 13.7. The average Bonchev–Trinajstić information content (AvgIpc) is 3.04. The number of carbonyl (C=O) groups is 1. The van der Waals surface area contributed by atoms with Crippen molar-refractivity contribution < 1.29 is 13.2 Å². The first-order valence-electron chi connectivity index (χ1n) is 8.68. The average molecular weight is 390 g/mol. The standard InChI is InChI=1S/C20H23NO3S2/c1-4-26(23,24)21-10-9-16-12-17(6-7-18(16)21)19(22)13-25-20-8-5-14(2)11-15(20)3/h5-8,11-12H,4,9-10,13H2,1-3H3. The van der Waals surface area contributed by atoms with E-state index in [1.807, 2.05) is 6.07 Å². The highest BCUT2D eigenvalue weighted by atomic mass is 32.2. The Bertz CT molecular complexity index is 952. The topological polar surface area (TPSA) is 54.5 Å². The Kier molecular flexibility index (Phi) is 5.44. The van der Waals surface area contributed by atoms with Crippen molar-refractivity contribution in [2.75, 3.05) is 22.4 Å².